The second-order valence-corrected chi connectivity index (χ2v) is 8.41. The van der Waals surface area contributed by atoms with Gasteiger partial charge < -0.3 is 9.47 Å². The maximum atomic E-state index is 13.3. The van der Waals surface area contributed by atoms with Gasteiger partial charge in [0.15, 0.2) is 0 Å². The second-order valence-electron chi connectivity index (χ2n) is 8.41. The molecule has 178 valence electrons. The number of anilines is 1. The van der Waals surface area contributed by atoms with E-state index in [9.17, 15) is 14.4 Å². The van der Waals surface area contributed by atoms with Crippen molar-refractivity contribution in [2.45, 2.75) is 27.4 Å². The number of barbiturate groups is 1. The molecule has 3 aromatic carbocycles. The Morgan fingerprint density at radius 3 is 2.43 bits per heavy atom. The van der Waals surface area contributed by atoms with E-state index in [4.69, 9.17) is 9.47 Å². The smallest absolute Gasteiger partial charge is 0.335 e. The predicted molar refractivity (Wildman–Crippen MR) is 133 cm³/mol. The Morgan fingerprint density at radius 1 is 0.914 bits per heavy atom. The highest BCUT2D eigenvalue weighted by molar-refractivity contribution is 6.39. The molecule has 4 amide bonds. The van der Waals surface area contributed by atoms with Crippen molar-refractivity contribution in [3.05, 3.63) is 94.1 Å². The summed E-state index contributed by atoms with van der Waals surface area (Å²) in [6, 6.07) is 17.3. The van der Waals surface area contributed by atoms with Crippen LogP contribution in [0, 0.1) is 20.8 Å². The molecule has 0 atom stereocenters. The zero-order valence-corrected chi connectivity index (χ0v) is 20.0. The number of amides is 4. The van der Waals surface area contributed by atoms with Crippen LogP contribution in [0.1, 0.15) is 27.8 Å². The number of imide groups is 2. The fraction of sp³-hybridized carbons (Fsp3) is 0.179. The Bertz CT molecular complexity index is 1360. The molecule has 1 saturated heterocycles. The van der Waals surface area contributed by atoms with Gasteiger partial charge >= 0.3 is 6.03 Å². The van der Waals surface area contributed by atoms with Gasteiger partial charge in [0.05, 0.1) is 12.8 Å². The third-order valence-electron chi connectivity index (χ3n) is 5.85. The number of nitrogens with one attached hydrogen (secondary N) is 1. The molecule has 0 unspecified atom stereocenters. The molecular weight excluding hydrogens is 444 g/mol. The highest BCUT2D eigenvalue weighted by Crippen LogP contribution is 2.30. The lowest BCUT2D eigenvalue weighted by Gasteiger charge is -2.26. The van der Waals surface area contributed by atoms with E-state index in [0.717, 1.165) is 21.6 Å². The molecule has 0 radical (unpaired) electrons. The maximum absolute atomic E-state index is 13.3. The molecule has 0 aromatic heterocycles. The van der Waals surface area contributed by atoms with Gasteiger partial charge in [-0.2, -0.15) is 0 Å². The highest BCUT2D eigenvalue weighted by atomic mass is 16.5. The van der Waals surface area contributed by atoms with E-state index in [0.29, 0.717) is 29.4 Å². The Hall–Kier alpha value is -4.39. The number of nitrogens with zero attached hydrogens (tertiary/aromatic N) is 1. The van der Waals surface area contributed by atoms with Crippen LogP contribution in [-0.4, -0.2) is 25.0 Å². The molecule has 35 heavy (non-hydrogen) atoms. The first-order valence-corrected chi connectivity index (χ1v) is 11.1. The zero-order valence-electron chi connectivity index (χ0n) is 20.0. The molecule has 0 bridgehead atoms. The number of rotatable bonds is 6. The van der Waals surface area contributed by atoms with E-state index in [1.165, 1.54) is 11.6 Å². The Morgan fingerprint density at radius 2 is 1.71 bits per heavy atom. The van der Waals surface area contributed by atoms with Crippen LogP contribution in [0.4, 0.5) is 10.5 Å². The van der Waals surface area contributed by atoms with Crippen molar-refractivity contribution in [3.63, 3.8) is 0 Å². The number of aryl methyl sites for hydroxylation is 3. The number of carbonyl (C=O) groups is 3. The van der Waals surface area contributed by atoms with E-state index in [-0.39, 0.29) is 5.57 Å². The van der Waals surface area contributed by atoms with Gasteiger partial charge in [-0.15, -0.1) is 0 Å². The lowest BCUT2D eigenvalue weighted by Crippen LogP contribution is -2.54. The van der Waals surface area contributed by atoms with Crippen molar-refractivity contribution in [2.24, 2.45) is 0 Å². The Balaban J connectivity index is 1.68. The lowest BCUT2D eigenvalue weighted by atomic mass is 10.0. The summed E-state index contributed by atoms with van der Waals surface area (Å²) in [5, 5.41) is 2.25. The summed E-state index contributed by atoms with van der Waals surface area (Å²) in [6.07, 6.45) is 1.43. The molecule has 1 heterocycles. The Kier molecular flexibility index (Phi) is 6.68. The first kappa shape index (κ1) is 23.8. The van der Waals surface area contributed by atoms with Crippen molar-refractivity contribution >= 4 is 29.6 Å². The number of hydrogen-bond acceptors (Lipinski definition) is 5. The van der Waals surface area contributed by atoms with Gasteiger partial charge in [-0.3, -0.25) is 14.9 Å². The van der Waals surface area contributed by atoms with Crippen LogP contribution in [0.2, 0.25) is 0 Å². The van der Waals surface area contributed by atoms with Crippen LogP contribution in [-0.2, 0) is 16.2 Å². The van der Waals surface area contributed by atoms with Crippen LogP contribution in [0.15, 0.2) is 66.2 Å². The van der Waals surface area contributed by atoms with Crippen molar-refractivity contribution in [1.82, 2.24) is 5.32 Å². The summed E-state index contributed by atoms with van der Waals surface area (Å²) in [6.45, 7) is 6.23. The zero-order chi connectivity index (χ0) is 25.1. The third kappa shape index (κ3) is 5.09. The second kappa shape index (κ2) is 9.85. The molecule has 0 aliphatic carbocycles. The number of urea groups is 1. The van der Waals surface area contributed by atoms with Gasteiger partial charge in [-0.05, 0) is 73.4 Å². The third-order valence-corrected chi connectivity index (χ3v) is 5.85. The van der Waals surface area contributed by atoms with Gasteiger partial charge in [0, 0.05) is 11.6 Å². The molecule has 4 rings (SSSR count). The molecule has 1 N–H and O–H groups in total. The molecule has 1 aliphatic rings. The molecule has 7 nitrogen and oxygen atoms in total. The van der Waals surface area contributed by atoms with Crippen molar-refractivity contribution in [3.8, 4) is 11.5 Å². The number of ether oxygens (including phenoxy) is 2. The highest BCUT2D eigenvalue weighted by Gasteiger charge is 2.37. The lowest BCUT2D eigenvalue weighted by molar-refractivity contribution is -0.122. The minimum atomic E-state index is -0.788. The van der Waals surface area contributed by atoms with Gasteiger partial charge in [-0.1, -0.05) is 30.3 Å². The Labute approximate surface area is 204 Å². The van der Waals surface area contributed by atoms with E-state index in [1.807, 2.05) is 39.0 Å². The fourth-order valence-corrected chi connectivity index (χ4v) is 3.75. The van der Waals surface area contributed by atoms with Gasteiger partial charge in [0.25, 0.3) is 11.8 Å². The first-order valence-electron chi connectivity index (χ1n) is 11.1. The predicted octanol–water partition coefficient (Wildman–Crippen LogP) is 4.87. The number of carbonyl (C=O) groups excluding carboxylic acids is 3. The maximum Gasteiger partial charge on any atom is 0.335 e. The van der Waals surface area contributed by atoms with E-state index in [1.54, 1.807) is 43.5 Å². The minimum Gasteiger partial charge on any atom is -0.497 e. The monoisotopic (exact) mass is 470 g/mol. The number of methoxy groups -OCH3 is 1. The summed E-state index contributed by atoms with van der Waals surface area (Å²) in [7, 11) is 1.55. The summed E-state index contributed by atoms with van der Waals surface area (Å²) >= 11 is 0. The van der Waals surface area contributed by atoms with Crippen molar-refractivity contribution in [2.75, 3.05) is 12.0 Å². The molecule has 0 spiro atoms. The molecule has 3 aromatic rings. The number of hydrogen-bond donors (Lipinski definition) is 1. The fourth-order valence-electron chi connectivity index (χ4n) is 3.75. The first-order chi connectivity index (χ1) is 16.8. The molecule has 0 saturated carbocycles. The molecule has 1 fully saturated rings. The summed E-state index contributed by atoms with van der Waals surface area (Å²) in [5.41, 5.74) is 4.92. The van der Waals surface area contributed by atoms with Crippen LogP contribution in [0.25, 0.3) is 6.08 Å². The molecule has 1 aliphatic heterocycles. The summed E-state index contributed by atoms with van der Waals surface area (Å²) < 4.78 is 11.4. The summed E-state index contributed by atoms with van der Waals surface area (Å²) in [5.74, 6) is -0.465. The average molecular weight is 471 g/mol. The minimum absolute atomic E-state index is 0.174. The van der Waals surface area contributed by atoms with E-state index < -0.39 is 17.8 Å². The van der Waals surface area contributed by atoms with Crippen molar-refractivity contribution < 1.29 is 23.9 Å². The average Bonchev–Trinajstić information content (AvgIpc) is 2.83. The number of benzene rings is 3. The van der Waals surface area contributed by atoms with Crippen LogP contribution >= 0.6 is 0 Å². The van der Waals surface area contributed by atoms with Gasteiger partial charge in [0.2, 0.25) is 0 Å². The van der Waals surface area contributed by atoms with Gasteiger partial charge in [0.1, 0.15) is 23.7 Å². The quantitative estimate of drug-likeness (QED) is 0.411. The standard InChI is InChI=1S/C28H26N2O5/c1-17-6-5-7-22(12-17)30-27(32)24(26(31)29-28(30)33)14-21-10-11-23(34-4)15-25(21)35-16-20-9-8-18(2)19(3)13-20/h5-15H,16H2,1-4H3,(H,29,31,33)/b24-14+. The summed E-state index contributed by atoms with van der Waals surface area (Å²) in [4.78, 5) is 39.3. The topological polar surface area (TPSA) is 84.9 Å². The normalized spacial score (nSPS) is 14.8. The largest absolute Gasteiger partial charge is 0.497 e. The van der Waals surface area contributed by atoms with Crippen LogP contribution < -0.4 is 19.7 Å². The molecule has 7 heteroatoms. The van der Waals surface area contributed by atoms with E-state index >= 15 is 0 Å². The van der Waals surface area contributed by atoms with Crippen molar-refractivity contribution in [1.29, 1.82) is 0 Å². The SMILES string of the molecule is COc1ccc(/C=C2\C(=O)NC(=O)N(c3cccc(C)c3)C2=O)c(OCc2ccc(C)c(C)c2)c1. The van der Waals surface area contributed by atoms with Crippen LogP contribution in [0.3, 0.4) is 0 Å². The van der Waals surface area contributed by atoms with Crippen LogP contribution in [0.5, 0.6) is 11.5 Å². The van der Waals surface area contributed by atoms with Gasteiger partial charge in [-0.25, -0.2) is 9.69 Å². The van der Waals surface area contributed by atoms with E-state index in [2.05, 4.69) is 11.4 Å². The molecular formula is C28H26N2O5.